The van der Waals surface area contributed by atoms with Crippen molar-refractivity contribution >= 4 is 5.91 Å². The van der Waals surface area contributed by atoms with E-state index in [2.05, 4.69) is 15.6 Å². The summed E-state index contributed by atoms with van der Waals surface area (Å²) in [4.78, 5) is 11.7. The number of amides is 1. The number of nitrogens with two attached hydrogens (primary N) is 1. The van der Waals surface area contributed by atoms with Crippen LogP contribution in [-0.2, 0) is 17.9 Å². The van der Waals surface area contributed by atoms with Gasteiger partial charge in [-0.05, 0) is 20.8 Å². The smallest absolute Gasteiger partial charge is 0.242 e. The summed E-state index contributed by atoms with van der Waals surface area (Å²) in [6.07, 6.45) is 0.983. The Balaban J connectivity index is 2.55. The first-order valence-corrected chi connectivity index (χ1v) is 5.43. The van der Waals surface area contributed by atoms with E-state index >= 15 is 0 Å². The molecular formula is C10H19N5O2. The molecule has 1 amide bonds. The minimum atomic E-state index is -0.672. The molecular weight excluding hydrogens is 222 g/mol. The van der Waals surface area contributed by atoms with Crippen LogP contribution in [0.4, 0.5) is 0 Å². The first-order chi connectivity index (χ1) is 7.85. The van der Waals surface area contributed by atoms with E-state index in [1.54, 1.807) is 27.0 Å². The molecule has 17 heavy (non-hydrogen) atoms. The zero-order valence-electron chi connectivity index (χ0n) is 10.3. The fourth-order valence-electron chi connectivity index (χ4n) is 1.16. The molecule has 0 fully saturated rings. The number of aromatic nitrogens is 3. The predicted molar refractivity (Wildman–Crippen MR) is 61.8 cm³/mol. The molecule has 1 aromatic heterocycles. The van der Waals surface area contributed by atoms with Gasteiger partial charge in [-0.15, -0.1) is 5.10 Å². The van der Waals surface area contributed by atoms with E-state index in [1.807, 2.05) is 0 Å². The molecule has 1 rings (SSSR count). The molecule has 1 unspecified atom stereocenters. The van der Waals surface area contributed by atoms with Gasteiger partial charge in [0, 0.05) is 6.54 Å². The van der Waals surface area contributed by atoms with Gasteiger partial charge in [0.1, 0.15) is 6.54 Å². The van der Waals surface area contributed by atoms with Crippen LogP contribution in [0, 0.1) is 0 Å². The molecule has 7 heteroatoms. The minimum absolute atomic E-state index is 0.0587. The predicted octanol–water partition coefficient (Wildman–Crippen LogP) is -0.988. The number of hydrogen-bond acceptors (Lipinski definition) is 5. The maximum atomic E-state index is 11.7. The van der Waals surface area contributed by atoms with E-state index in [4.69, 9.17) is 5.73 Å². The largest absolute Gasteiger partial charge is 0.391 e. The van der Waals surface area contributed by atoms with Crippen molar-refractivity contribution in [2.45, 2.75) is 45.5 Å². The van der Waals surface area contributed by atoms with Crippen molar-refractivity contribution in [3.8, 4) is 0 Å². The number of carbonyl (C=O) groups excluding carboxylic acids is 1. The number of carbonyl (C=O) groups is 1. The van der Waals surface area contributed by atoms with E-state index < -0.39 is 11.6 Å². The Labute approximate surface area is 100.0 Å². The van der Waals surface area contributed by atoms with Crippen molar-refractivity contribution in [1.82, 2.24) is 20.3 Å². The van der Waals surface area contributed by atoms with Gasteiger partial charge in [0.2, 0.25) is 5.91 Å². The number of aliphatic hydroxyl groups is 1. The second kappa shape index (κ2) is 5.24. The monoisotopic (exact) mass is 241 g/mol. The fourth-order valence-corrected chi connectivity index (χ4v) is 1.16. The second-order valence-electron chi connectivity index (χ2n) is 4.56. The zero-order valence-corrected chi connectivity index (χ0v) is 10.3. The molecule has 0 spiro atoms. The summed E-state index contributed by atoms with van der Waals surface area (Å²) < 4.78 is 1.41. The van der Waals surface area contributed by atoms with Gasteiger partial charge in [0.05, 0.1) is 23.5 Å². The van der Waals surface area contributed by atoms with Crippen LogP contribution in [0.25, 0.3) is 0 Å². The number of nitrogens with zero attached hydrogens (tertiary/aromatic N) is 3. The highest BCUT2D eigenvalue weighted by Gasteiger charge is 2.26. The molecule has 0 radical (unpaired) electrons. The summed E-state index contributed by atoms with van der Waals surface area (Å²) in [5, 5.41) is 19.7. The van der Waals surface area contributed by atoms with Crippen LogP contribution >= 0.6 is 0 Å². The fraction of sp³-hybridized carbons (Fsp3) is 0.700. The molecule has 1 atom stereocenters. The number of aliphatic hydroxyl groups excluding tert-OH is 1. The van der Waals surface area contributed by atoms with Gasteiger partial charge in [-0.3, -0.25) is 4.79 Å². The number of nitrogens with one attached hydrogen (secondary N) is 1. The second-order valence-corrected chi connectivity index (χ2v) is 4.56. The molecule has 96 valence electrons. The van der Waals surface area contributed by atoms with Gasteiger partial charge in [-0.2, -0.15) is 0 Å². The lowest BCUT2D eigenvalue weighted by Crippen LogP contribution is -2.51. The van der Waals surface area contributed by atoms with Crippen LogP contribution in [0.2, 0.25) is 0 Å². The lowest BCUT2D eigenvalue weighted by molar-refractivity contribution is -0.124. The van der Waals surface area contributed by atoms with E-state index in [0.29, 0.717) is 12.2 Å². The quantitative estimate of drug-likeness (QED) is 0.614. The normalized spacial score (nSPS) is 13.5. The van der Waals surface area contributed by atoms with Gasteiger partial charge in [-0.1, -0.05) is 5.21 Å². The highest BCUT2D eigenvalue weighted by atomic mass is 16.3. The molecule has 7 nitrogen and oxygen atoms in total. The first-order valence-electron chi connectivity index (χ1n) is 5.43. The molecule has 0 aliphatic carbocycles. The highest BCUT2D eigenvalue weighted by molar-refractivity contribution is 5.76. The third-order valence-electron chi connectivity index (χ3n) is 2.61. The van der Waals surface area contributed by atoms with Crippen LogP contribution in [0.15, 0.2) is 6.20 Å². The summed E-state index contributed by atoms with van der Waals surface area (Å²) in [6, 6.07) is 0. The Morgan fingerprint density at radius 1 is 1.71 bits per heavy atom. The third kappa shape index (κ3) is 3.79. The Bertz CT molecular complexity index is 386. The molecule has 0 aliphatic rings. The van der Waals surface area contributed by atoms with E-state index in [-0.39, 0.29) is 12.5 Å². The SMILES string of the molecule is CC(O)C(C)(C)NC(=O)Cn1cc(CN)nn1. The number of rotatable bonds is 5. The van der Waals surface area contributed by atoms with Crippen molar-refractivity contribution in [2.24, 2.45) is 5.73 Å². The van der Waals surface area contributed by atoms with Crippen LogP contribution in [0.1, 0.15) is 26.5 Å². The third-order valence-corrected chi connectivity index (χ3v) is 2.61. The molecule has 1 aromatic rings. The molecule has 0 bridgehead atoms. The maximum absolute atomic E-state index is 11.7. The molecule has 1 heterocycles. The standard InChI is InChI=1S/C10H19N5O2/c1-7(16)10(2,3)12-9(17)6-15-5-8(4-11)13-14-15/h5,7,16H,4,6,11H2,1-3H3,(H,12,17). The van der Waals surface area contributed by atoms with Gasteiger partial charge in [-0.25, -0.2) is 4.68 Å². The van der Waals surface area contributed by atoms with Crippen molar-refractivity contribution < 1.29 is 9.90 Å². The molecule has 0 saturated heterocycles. The molecule has 4 N–H and O–H groups in total. The van der Waals surface area contributed by atoms with Crippen LogP contribution in [-0.4, -0.2) is 37.7 Å². The lowest BCUT2D eigenvalue weighted by atomic mass is 9.99. The first kappa shape index (κ1) is 13.6. The van der Waals surface area contributed by atoms with Gasteiger partial charge in [0.25, 0.3) is 0 Å². The summed E-state index contributed by atoms with van der Waals surface area (Å²) in [5.74, 6) is -0.232. The minimum Gasteiger partial charge on any atom is -0.391 e. The van der Waals surface area contributed by atoms with Crippen LogP contribution < -0.4 is 11.1 Å². The lowest BCUT2D eigenvalue weighted by Gasteiger charge is -2.29. The van der Waals surface area contributed by atoms with Crippen molar-refractivity contribution in [3.63, 3.8) is 0 Å². The Morgan fingerprint density at radius 3 is 2.82 bits per heavy atom. The summed E-state index contributed by atoms with van der Waals surface area (Å²) >= 11 is 0. The van der Waals surface area contributed by atoms with Gasteiger partial charge < -0.3 is 16.2 Å². The van der Waals surface area contributed by atoms with Gasteiger partial charge >= 0.3 is 0 Å². The van der Waals surface area contributed by atoms with Crippen LogP contribution in [0.5, 0.6) is 0 Å². The highest BCUT2D eigenvalue weighted by Crippen LogP contribution is 2.08. The molecule has 0 saturated carbocycles. The summed E-state index contributed by atoms with van der Waals surface area (Å²) in [7, 11) is 0. The van der Waals surface area contributed by atoms with E-state index in [0.717, 1.165) is 0 Å². The van der Waals surface area contributed by atoms with Crippen molar-refractivity contribution in [2.75, 3.05) is 0 Å². The zero-order chi connectivity index (χ0) is 13.1. The van der Waals surface area contributed by atoms with Crippen LogP contribution in [0.3, 0.4) is 0 Å². The molecule has 0 aliphatic heterocycles. The van der Waals surface area contributed by atoms with E-state index in [9.17, 15) is 9.90 Å². The Morgan fingerprint density at radius 2 is 2.35 bits per heavy atom. The Kier molecular flexibility index (Phi) is 4.19. The topological polar surface area (TPSA) is 106 Å². The van der Waals surface area contributed by atoms with E-state index in [1.165, 1.54) is 4.68 Å². The molecule has 0 aromatic carbocycles. The maximum Gasteiger partial charge on any atom is 0.242 e. The average molecular weight is 241 g/mol. The van der Waals surface area contributed by atoms with Crippen molar-refractivity contribution in [1.29, 1.82) is 0 Å². The average Bonchev–Trinajstić information content (AvgIpc) is 2.64. The van der Waals surface area contributed by atoms with Gasteiger partial charge in [0.15, 0.2) is 0 Å². The number of hydrogen-bond donors (Lipinski definition) is 3. The summed E-state index contributed by atoms with van der Waals surface area (Å²) in [5.41, 5.74) is 5.35. The Hall–Kier alpha value is -1.47. The van der Waals surface area contributed by atoms with Crippen molar-refractivity contribution in [3.05, 3.63) is 11.9 Å². The summed E-state index contributed by atoms with van der Waals surface area (Å²) in [6.45, 7) is 5.48.